The van der Waals surface area contributed by atoms with Crippen LogP contribution in [0.1, 0.15) is 38.3 Å². The average molecular weight is 304 g/mol. The van der Waals surface area contributed by atoms with E-state index in [9.17, 15) is 9.18 Å². The maximum atomic E-state index is 13.1. The molecule has 0 aromatic heterocycles. The van der Waals surface area contributed by atoms with E-state index in [0.29, 0.717) is 19.6 Å². The fourth-order valence-electron chi connectivity index (χ4n) is 3.05. The predicted octanol–water partition coefficient (Wildman–Crippen LogP) is 3.39. The topological polar surface area (TPSA) is 23.6 Å². The second-order valence-electron chi connectivity index (χ2n) is 6.05. The molecule has 4 heteroatoms. The van der Waals surface area contributed by atoms with Crippen LogP contribution in [0, 0.1) is 5.82 Å². The molecule has 1 unspecified atom stereocenters. The smallest absolute Gasteiger partial charge is 0.237 e. The van der Waals surface area contributed by atoms with Gasteiger partial charge in [0.25, 0.3) is 0 Å². The first kappa shape index (κ1) is 16.7. The van der Waals surface area contributed by atoms with Crippen molar-refractivity contribution in [3.63, 3.8) is 0 Å². The van der Waals surface area contributed by atoms with Crippen LogP contribution in [-0.4, -0.2) is 41.9 Å². The highest BCUT2D eigenvalue weighted by Gasteiger charge is 2.28. The van der Waals surface area contributed by atoms with Crippen LogP contribution in [0.15, 0.2) is 36.4 Å². The number of amides is 1. The second-order valence-corrected chi connectivity index (χ2v) is 6.05. The Kier molecular flexibility index (Phi) is 5.72. The fourth-order valence-corrected chi connectivity index (χ4v) is 3.05. The maximum Gasteiger partial charge on any atom is 0.237 e. The van der Waals surface area contributed by atoms with Gasteiger partial charge >= 0.3 is 0 Å². The van der Waals surface area contributed by atoms with Crippen molar-refractivity contribution in [2.45, 2.75) is 32.7 Å². The predicted molar refractivity (Wildman–Crippen MR) is 87.0 cm³/mol. The summed E-state index contributed by atoms with van der Waals surface area (Å²) in [4.78, 5) is 16.5. The third-order valence-electron chi connectivity index (χ3n) is 4.15. The van der Waals surface area contributed by atoms with Gasteiger partial charge in [0.1, 0.15) is 5.82 Å². The van der Waals surface area contributed by atoms with E-state index >= 15 is 0 Å². The van der Waals surface area contributed by atoms with Crippen LogP contribution >= 0.6 is 0 Å². The van der Waals surface area contributed by atoms with Gasteiger partial charge in [0, 0.05) is 19.1 Å². The zero-order chi connectivity index (χ0) is 16.1. The first-order valence-corrected chi connectivity index (χ1v) is 7.93. The zero-order valence-electron chi connectivity index (χ0n) is 13.5. The van der Waals surface area contributed by atoms with Crippen molar-refractivity contribution < 1.29 is 9.18 Å². The number of hydrogen-bond acceptors (Lipinski definition) is 2. The second kappa shape index (κ2) is 7.54. The number of carbonyl (C=O) groups excluding carboxylic acids is 1. The van der Waals surface area contributed by atoms with Crippen LogP contribution < -0.4 is 0 Å². The Morgan fingerprint density at radius 1 is 1.41 bits per heavy atom. The Labute approximate surface area is 132 Å². The molecular weight excluding hydrogens is 279 g/mol. The number of likely N-dealkylation sites (tertiary alicyclic amines) is 1. The van der Waals surface area contributed by atoms with Gasteiger partial charge < -0.3 is 4.90 Å². The van der Waals surface area contributed by atoms with E-state index in [1.807, 2.05) is 30.9 Å². The minimum atomic E-state index is -0.219. The van der Waals surface area contributed by atoms with E-state index in [1.165, 1.54) is 12.1 Å². The van der Waals surface area contributed by atoms with Crippen LogP contribution in [0.3, 0.4) is 0 Å². The molecule has 0 bridgehead atoms. The Morgan fingerprint density at radius 3 is 2.68 bits per heavy atom. The number of nitrogens with zero attached hydrogens (tertiary/aromatic N) is 2. The summed E-state index contributed by atoms with van der Waals surface area (Å²) in [6.07, 6.45) is 2.09. The van der Waals surface area contributed by atoms with Crippen molar-refractivity contribution in [2.75, 3.05) is 26.2 Å². The molecule has 1 aromatic carbocycles. The number of benzene rings is 1. The maximum absolute atomic E-state index is 13.1. The van der Waals surface area contributed by atoms with Crippen LogP contribution in [0.2, 0.25) is 0 Å². The number of likely N-dealkylation sites (N-methyl/N-ethyl adjacent to an activating group) is 1. The summed E-state index contributed by atoms with van der Waals surface area (Å²) in [7, 11) is 0. The molecule has 1 amide bonds. The molecule has 0 aliphatic carbocycles. The van der Waals surface area contributed by atoms with Gasteiger partial charge in [-0.05, 0) is 50.9 Å². The lowest BCUT2D eigenvalue weighted by molar-refractivity contribution is -0.132. The first-order valence-electron chi connectivity index (χ1n) is 7.93. The Bertz CT molecular complexity index is 526. The van der Waals surface area contributed by atoms with E-state index < -0.39 is 0 Å². The van der Waals surface area contributed by atoms with E-state index in [1.54, 1.807) is 0 Å². The van der Waals surface area contributed by atoms with E-state index in [4.69, 9.17) is 0 Å². The molecule has 120 valence electrons. The molecule has 1 fully saturated rings. The van der Waals surface area contributed by atoms with Crippen molar-refractivity contribution in [3.05, 3.63) is 47.8 Å². The molecule has 0 spiro atoms. The summed E-state index contributed by atoms with van der Waals surface area (Å²) in [5, 5.41) is 0. The van der Waals surface area contributed by atoms with Gasteiger partial charge in [0.15, 0.2) is 0 Å². The molecule has 0 saturated carbocycles. The van der Waals surface area contributed by atoms with Crippen molar-refractivity contribution in [3.8, 4) is 0 Å². The summed E-state index contributed by atoms with van der Waals surface area (Å²) >= 11 is 0. The van der Waals surface area contributed by atoms with Crippen LogP contribution in [-0.2, 0) is 4.79 Å². The normalized spacial score (nSPS) is 18.4. The number of rotatable bonds is 6. The first-order chi connectivity index (χ1) is 10.5. The van der Waals surface area contributed by atoms with Crippen molar-refractivity contribution in [1.82, 2.24) is 9.80 Å². The Hall–Kier alpha value is -1.68. The van der Waals surface area contributed by atoms with E-state index in [2.05, 4.69) is 11.5 Å². The number of halogens is 1. The fraction of sp³-hybridized carbons (Fsp3) is 0.500. The Morgan fingerprint density at radius 2 is 2.09 bits per heavy atom. The summed E-state index contributed by atoms with van der Waals surface area (Å²) < 4.78 is 13.1. The molecule has 1 aromatic rings. The van der Waals surface area contributed by atoms with Crippen molar-refractivity contribution >= 4 is 5.91 Å². The molecule has 0 radical (unpaired) electrons. The quantitative estimate of drug-likeness (QED) is 0.752. The summed E-state index contributed by atoms with van der Waals surface area (Å²) in [6.45, 7) is 10.5. The summed E-state index contributed by atoms with van der Waals surface area (Å²) in [5.74, 6) is -0.0810. The van der Waals surface area contributed by atoms with Gasteiger partial charge in [0.2, 0.25) is 5.91 Å². The largest absolute Gasteiger partial charge is 0.338 e. The van der Waals surface area contributed by atoms with Crippen LogP contribution in [0.5, 0.6) is 0 Å². The van der Waals surface area contributed by atoms with E-state index in [0.717, 1.165) is 30.5 Å². The molecule has 3 nitrogen and oxygen atoms in total. The third-order valence-corrected chi connectivity index (χ3v) is 4.15. The highest BCUT2D eigenvalue weighted by Crippen LogP contribution is 2.31. The lowest BCUT2D eigenvalue weighted by Gasteiger charge is -2.28. The van der Waals surface area contributed by atoms with Gasteiger partial charge in [-0.25, -0.2) is 4.39 Å². The highest BCUT2D eigenvalue weighted by atomic mass is 19.1. The molecule has 1 atom stereocenters. The van der Waals surface area contributed by atoms with Crippen LogP contribution in [0.4, 0.5) is 4.39 Å². The van der Waals surface area contributed by atoms with Gasteiger partial charge in [0.05, 0.1) is 6.54 Å². The third kappa shape index (κ3) is 4.17. The molecule has 1 aliphatic rings. The monoisotopic (exact) mass is 304 g/mol. The average Bonchev–Trinajstić information content (AvgIpc) is 2.93. The van der Waals surface area contributed by atoms with Gasteiger partial charge in [-0.1, -0.05) is 24.3 Å². The van der Waals surface area contributed by atoms with Gasteiger partial charge in [-0.2, -0.15) is 0 Å². The molecule has 1 heterocycles. The molecular formula is C18H25FN2O. The summed E-state index contributed by atoms with van der Waals surface area (Å²) in [6, 6.07) is 6.86. The molecule has 1 aliphatic heterocycles. The van der Waals surface area contributed by atoms with Crippen molar-refractivity contribution in [2.24, 2.45) is 0 Å². The lowest BCUT2D eigenvalue weighted by Crippen LogP contribution is -2.40. The zero-order valence-corrected chi connectivity index (χ0v) is 13.5. The Balaban J connectivity index is 2.02. The molecule has 2 rings (SSSR count). The number of carbonyl (C=O) groups is 1. The molecule has 1 saturated heterocycles. The highest BCUT2D eigenvalue weighted by molar-refractivity contribution is 5.78. The van der Waals surface area contributed by atoms with Gasteiger partial charge in [-0.15, -0.1) is 0 Å². The van der Waals surface area contributed by atoms with E-state index in [-0.39, 0.29) is 17.8 Å². The van der Waals surface area contributed by atoms with Crippen molar-refractivity contribution in [1.29, 1.82) is 0 Å². The minimum absolute atomic E-state index is 0.138. The molecule has 0 N–H and O–H groups in total. The molecule has 22 heavy (non-hydrogen) atoms. The minimum Gasteiger partial charge on any atom is -0.338 e. The SMILES string of the molecule is C=C(C)CN(CC)C(=O)CN1CCCC1c1ccc(F)cc1. The summed E-state index contributed by atoms with van der Waals surface area (Å²) in [5.41, 5.74) is 2.08. The standard InChI is InChI=1S/C18H25FN2O/c1-4-20(12-14(2)3)18(22)13-21-11-5-6-17(21)15-7-9-16(19)10-8-15/h7-10,17H,2,4-6,11-13H2,1,3H3. The lowest BCUT2D eigenvalue weighted by atomic mass is 10.0. The van der Waals surface area contributed by atoms with Crippen LogP contribution in [0.25, 0.3) is 0 Å². The van der Waals surface area contributed by atoms with Gasteiger partial charge in [-0.3, -0.25) is 9.69 Å². The number of hydrogen-bond donors (Lipinski definition) is 0.